The zero-order valence-corrected chi connectivity index (χ0v) is 9.44. The van der Waals surface area contributed by atoms with Crippen molar-refractivity contribution in [2.45, 2.75) is 6.92 Å². The highest BCUT2D eigenvalue weighted by molar-refractivity contribution is 5.46. The molecule has 2 N–H and O–H groups in total. The minimum atomic E-state index is 0.644. The number of hydrogen-bond donors (Lipinski definition) is 1. The molecule has 0 aliphatic rings. The molecule has 0 unspecified atom stereocenters. The summed E-state index contributed by atoms with van der Waals surface area (Å²) in [5.41, 5.74) is 7.76. The maximum atomic E-state index is 5.58. The van der Waals surface area contributed by atoms with Crippen LogP contribution in [0.3, 0.4) is 0 Å². The van der Waals surface area contributed by atoms with Gasteiger partial charge in [-0.2, -0.15) is 0 Å². The van der Waals surface area contributed by atoms with Crippen LogP contribution in [0.4, 0.5) is 5.69 Å². The number of aromatic nitrogens is 1. The van der Waals surface area contributed by atoms with Gasteiger partial charge in [0.1, 0.15) is 0 Å². The normalized spacial score (nSPS) is 10.3. The van der Waals surface area contributed by atoms with Crippen LogP contribution in [0.2, 0.25) is 0 Å². The quantitative estimate of drug-likeness (QED) is 0.753. The summed E-state index contributed by atoms with van der Waals surface area (Å²) in [4.78, 5) is 6.38. The molecule has 0 atom stereocenters. The molecule has 0 aliphatic carbocycles. The molecule has 4 heteroatoms. The summed E-state index contributed by atoms with van der Waals surface area (Å²) < 4.78 is 5.07. The lowest BCUT2D eigenvalue weighted by Gasteiger charge is -2.23. The Hall–Kier alpha value is -1.13. The first-order chi connectivity index (χ1) is 7.27. The molecule has 0 aliphatic heterocycles. The molecule has 1 aromatic rings. The van der Waals surface area contributed by atoms with Crippen molar-refractivity contribution in [1.29, 1.82) is 0 Å². The first kappa shape index (κ1) is 11.9. The van der Waals surface area contributed by atoms with Gasteiger partial charge in [-0.3, -0.25) is 4.98 Å². The Morgan fingerprint density at radius 1 is 1.47 bits per heavy atom. The standard InChI is InChI=1S/C11H19N3O/c1-10-9-11(3-5-13-10)14(6-4-12)7-8-15-2/h3,5,9H,4,6-8,12H2,1-2H3. The molecule has 0 fully saturated rings. The summed E-state index contributed by atoms with van der Waals surface area (Å²) in [6.07, 6.45) is 1.82. The number of aryl methyl sites for hydroxylation is 1. The van der Waals surface area contributed by atoms with Crippen LogP contribution in [0, 0.1) is 6.92 Å². The van der Waals surface area contributed by atoms with Crippen LogP contribution in [-0.4, -0.2) is 38.3 Å². The number of methoxy groups -OCH3 is 1. The predicted molar refractivity (Wildman–Crippen MR) is 62.1 cm³/mol. The van der Waals surface area contributed by atoms with Crippen molar-refractivity contribution in [3.05, 3.63) is 24.0 Å². The van der Waals surface area contributed by atoms with E-state index in [1.54, 1.807) is 7.11 Å². The van der Waals surface area contributed by atoms with Gasteiger partial charge in [0.15, 0.2) is 0 Å². The van der Waals surface area contributed by atoms with Crippen molar-refractivity contribution in [3.8, 4) is 0 Å². The van der Waals surface area contributed by atoms with E-state index in [4.69, 9.17) is 10.5 Å². The lowest BCUT2D eigenvalue weighted by molar-refractivity contribution is 0.205. The SMILES string of the molecule is COCCN(CCN)c1ccnc(C)c1. The molecule has 0 bridgehead atoms. The summed E-state index contributed by atoms with van der Waals surface area (Å²) in [5, 5.41) is 0. The van der Waals surface area contributed by atoms with Gasteiger partial charge in [-0.1, -0.05) is 0 Å². The van der Waals surface area contributed by atoms with E-state index < -0.39 is 0 Å². The Morgan fingerprint density at radius 3 is 2.87 bits per heavy atom. The highest BCUT2D eigenvalue weighted by Gasteiger charge is 2.05. The topological polar surface area (TPSA) is 51.4 Å². The Balaban J connectivity index is 2.69. The van der Waals surface area contributed by atoms with E-state index in [-0.39, 0.29) is 0 Å². The van der Waals surface area contributed by atoms with Crippen molar-refractivity contribution in [2.75, 3.05) is 38.3 Å². The molecule has 15 heavy (non-hydrogen) atoms. The third-order valence-corrected chi connectivity index (χ3v) is 2.21. The van der Waals surface area contributed by atoms with Gasteiger partial charge in [0.05, 0.1) is 6.61 Å². The van der Waals surface area contributed by atoms with Crippen LogP contribution in [0.25, 0.3) is 0 Å². The van der Waals surface area contributed by atoms with Crippen LogP contribution in [-0.2, 0) is 4.74 Å². The molecule has 0 amide bonds. The minimum Gasteiger partial charge on any atom is -0.383 e. The average Bonchev–Trinajstić information content (AvgIpc) is 2.24. The van der Waals surface area contributed by atoms with Gasteiger partial charge in [-0.25, -0.2) is 0 Å². The second-order valence-electron chi connectivity index (χ2n) is 3.42. The van der Waals surface area contributed by atoms with Crippen LogP contribution in [0.5, 0.6) is 0 Å². The summed E-state index contributed by atoms with van der Waals surface area (Å²) in [6.45, 7) is 5.04. The fraction of sp³-hybridized carbons (Fsp3) is 0.545. The number of rotatable bonds is 6. The molecular formula is C11H19N3O. The van der Waals surface area contributed by atoms with E-state index in [0.717, 1.165) is 24.5 Å². The molecule has 0 saturated carbocycles. The van der Waals surface area contributed by atoms with Crippen LogP contribution in [0.1, 0.15) is 5.69 Å². The molecule has 1 rings (SSSR count). The smallest absolute Gasteiger partial charge is 0.0637 e. The zero-order valence-electron chi connectivity index (χ0n) is 9.44. The van der Waals surface area contributed by atoms with Crippen molar-refractivity contribution >= 4 is 5.69 Å². The number of nitrogens with zero attached hydrogens (tertiary/aromatic N) is 2. The second-order valence-corrected chi connectivity index (χ2v) is 3.42. The van der Waals surface area contributed by atoms with E-state index in [0.29, 0.717) is 13.2 Å². The highest BCUT2D eigenvalue weighted by atomic mass is 16.5. The number of nitrogens with two attached hydrogens (primary N) is 1. The molecule has 0 saturated heterocycles. The Morgan fingerprint density at radius 2 is 2.27 bits per heavy atom. The van der Waals surface area contributed by atoms with Gasteiger partial charge in [0.2, 0.25) is 0 Å². The van der Waals surface area contributed by atoms with Crippen LogP contribution < -0.4 is 10.6 Å². The lowest BCUT2D eigenvalue weighted by atomic mass is 10.3. The molecular weight excluding hydrogens is 190 g/mol. The number of pyridine rings is 1. The maximum absolute atomic E-state index is 5.58. The highest BCUT2D eigenvalue weighted by Crippen LogP contribution is 2.13. The van der Waals surface area contributed by atoms with E-state index >= 15 is 0 Å². The summed E-state index contributed by atoms with van der Waals surface area (Å²) >= 11 is 0. The monoisotopic (exact) mass is 209 g/mol. The van der Waals surface area contributed by atoms with Gasteiger partial charge >= 0.3 is 0 Å². The first-order valence-corrected chi connectivity index (χ1v) is 5.14. The number of ether oxygens (including phenoxy) is 1. The van der Waals surface area contributed by atoms with Crippen LogP contribution >= 0.6 is 0 Å². The van der Waals surface area contributed by atoms with Gasteiger partial charge in [-0.15, -0.1) is 0 Å². The van der Waals surface area contributed by atoms with E-state index in [1.165, 1.54) is 0 Å². The van der Waals surface area contributed by atoms with Crippen LogP contribution in [0.15, 0.2) is 18.3 Å². The van der Waals surface area contributed by atoms with E-state index in [9.17, 15) is 0 Å². The van der Waals surface area contributed by atoms with Crippen molar-refractivity contribution in [3.63, 3.8) is 0 Å². The lowest BCUT2D eigenvalue weighted by Crippen LogP contribution is -2.32. The maximum Gasteiger partial charge on any atom is 0.0637 e. The number of anilines is 1. The molecule has 84 valence electrons. The minimum absolute atomic E-state index is 0.644. The third kappa shape index (κ3) is 3.85. The van der Waals surface area contributed by atoms with Crippen molar-refractivity contribution < 1.29 is 4.74 Å². The zero-order chi connectivity index (χ0) is 11.1. The molecule has 0 aromatic carbocycles. The summed E-state index contributed by atoms with van der Waals surface area (Å²) in [6, 6.07) is 4.06. The van der Waals surface area contributed by atoms with Gasteiger partial charge in [-0.05, 0) is 19.1 Å². The Labute approximate surface area is 91.1 Å². The first-order valence-electron chi connectivity index (χ1n) is 5.14. The largest absolute Gasteiger partial charge is 0.383 e. The summed E-state index contributed by atoms with van der Waals surface area (Å²) in [5.74, 6) is 0. The van der Waals surface area contributed by atoms with E-state index in [2.05, 4.69) is 16.0 Å². The van der Waals surface area contributed by atoms with Gasteiger partial charge in [0, 0.05) is 44.3 Å². The fourth-order valence-corrected chi connectivity index (χ4v) is 1.45. The molecule has 0 spiro atoms. The van der Waals surface area contributed by atoms with Crippen molar-refractivity contribution in [1.82, 2.24) is 4.98 Å². The summed E-state index contributed by atoms with van der Waals surface area (Å²) in [7, 11) is 1.71. The predicted octanol–water partition coefficient (Wildman–Crippen LogP) is 0.802. The van der Waals surface area contributed by atoms with E-state index in [1.807, 2.05) is 19.2 Å². The third-order valence-electron chi connectivity index (χ3n) is 2.21. The average molecular weight is 209 g/mol. The number of hydrogen-bond acceptors (Lipinski definition) is 4. The van der Waals surface area contributed by atoms with Gasteiger partial charge in [0.25, 0.3) is 0 Å². The molecule has 1 aromatic heterocycles. The Bertz CT molecular complexity index is 291. The molecule has 0 radical (unpaired) electrons. The molecule has 1 heterocycles. The fourth-order valence-electron chi connectivity index (χ4n) is 1.45. The Kier molecular flexibility index (Phi) is 5.07. The van der Waals surface area contributed by atoms with Crippen molar-refractivity contribution in [2.24, 2.45) is 5.73 Å². The molecule has 4 nitrogen and oxygen atoms in total. The van der Waals surface area contributed by atoms with Gasteiger partial charge < -0.3 is 15.4 Å². The second kappa shape index (κ2) is 6.37.